The number of benzene rings is 2. The Labute approximate surface area is 193 Å². The van der Waals surface area contributed by atoms with Gasteiger partial charge in [0.1, 0.15) is 12.1 Å². The van der Waals surface area contributed by atoms with Crippen LogP contribution < -0.4 is 4.72 Å². The zero-order valence-electron chi connectivity index (χ0n) is 18.2. The minimum absolute atomic E-state index is 0.0168. The van der Waals surface area contributed by atoms with Crippen molar-refractivity contribution in [2.75, 3.05) is 26.1 Å². The minimum atomic E-state index is -4.18. The fourth-order valence-corrected chi connectivity index (χ4v) is 4.41. The lowest BCUT2D eigenvalue weighted by Crippen LogP contribution is -2.50. The van der Waals surface area contributed by atoms with Crippen LogP contribution in [0.15, 0.2) is 58.3 Å². The van der Waals surface area contributed by atoms with E-state index in [4.69, 9.17) is 9.47 Å². The molecule has 0 unspecified atom stereocenters. The first kappa shape index (κ1) is 26.3. The lowest BCUT2D eigenvalue weighted by molar-refractivity contribution is -0.143. The molecule has 3 N–H and O–H groups in total. The molecule has 32 heavy (non-hydrogen) atoms. The van der Waals surface area contributed by atoms with Crippen molar-refractivity contribution >= 4 is 27.8 Å². The summed E-state index contributed by atoms with van der Waals surface area (Å²) in [5, 5.41) is 19.6. The standard InChI is InChI=1S/C22H29NO7S2/c1-15(2)30-13-12-29-14-20(24)21(22(25)26)23-32(27,28)19-10-6-17(7-11-19)16-4-8-18(31-3)9-5-16/h4-11,15,20-21,23-24H,12-14H2,1-3H3,(H,25,26)/t20-,21-/m1/s1. The molecule has 0 spiro atoms. The van der Waals surface area contributed by atoms with Crippen LogP contribution in [0, 0.1) is 0 Å². The highest BCUT2D eigenvalue weighted by atomic mass is 32.2. The van der Waals surface area contributed by atoms with E-state index in [9.17, 15) is 23.4 Å². The Morgan fingerprint density at radius 1 is 1.03 bits per heavy atom. The number of sulfonamides is 1. The second-order valence-corrected chi connectivity index (χ2v) is 9.85. The number of ether oxygens (including phenoxy) is 2. The Hall–Kier alpha value is -1.95. The summed E-state index contributed by atoms with van der Waals surface area (Å²) >= 11 is 1.63. The third-order valence-corrected chi connectivity index (χ3v) is 6.69. The smallest absolute Gasteiger partial charge is 0.324 e. The topological polar surface area (TPSA) is 122 Å². The van der Waals surface area contributed by atoms with Crippen molar-refractivity contribution < 1.29 is 32.9 Å². The summed E-state index contributed by atoms with van der Waals surface area (Å²) in [6.45, 7) is 3.79. The zero-order chi connectivity index (χ0) is 23.7. The monoisotopic (exact) mass is 483 g/mol. The number of hydrogen-bond acceptors (Lipinski definition) is 7. The maximum atomic E-state index is 12.7. The molecule has 0 saturated carbocycles. The summed E-state index contributed by atoms with van der Waals surface area (Å²) in [4.78, 5) is 12.6. The van der Waals surface area contributed by atoms with Gasteiger partial charge in [0, 0.05) is 4.90 Å². The Balaban J connectivity index is 2.03. The summed E-state index contributed by atoms with van der Waals surface area (Å²) < 4.78 is 37.9. The molecule has 2 aromatic carbocycles. The number of nitrogens with one attached hydrogen (secondary N) is 1. The normalized spacial score (nSPS) is 13.8. The molecular formula is C22H29NO7S2. The van der Waals surface area contributed by atoms with E-state index in [1.165, 1.54) is 12.1 Å². The van der Waals surface area contributed by atoms with Gasteiger partial charge in [0.05, 0.1) is 30.8 Å². The third kappa shape index (κ3) is 7.88. The lowest BCUT2D eigenvalue weighted by atomic mass is 10.1. The van der Waals surface area contributed by atoms with Gasteiger partial charge in [-0.25, -0.2) is 8.42 Å². The number of aliphatic carboxylic acids is 1. The molecule has 0 radical (unpaired) electrons. The SMILES string of the molecule is CSc1ccc(-c2ccc(S(=O)(=O)N[C@@H](C(=O)O)[C@H](O)COCCOC(C)C)cc2)cc1. The molecule has 0 aliphatic heterocycles. The Morgan fingerprint density at radius 2 is 1.59 bits per heavy atom. The van der Waals surface area contributed by atoms with Crippen molar-refractivity contribution in [1.82, 2.24) is 4.72 Å². The van der Waals surface area contributed by atoms with Crippen molar-refractivity contribution in [2.24, 2.45) is 0 Å². The van der Waals surface area contributed by atoms with E-state index in [2.05, 4.69) is 4.72 Å². The van der Waals surface area contributed by atoms with E-state index < -0.39 is 28.1 Å². The van der Waals surface area contributed by atoms with E-state index in [0.29, 0.717) is 0 Å². The summed E-state index contributed by atoms with van der Waals surface area (Å²) in [5.74, 6) is -1.51. The molecule has 0 amide bonds. The average molecular weight is 484 g/mol. The van der Waals surface area contributed by atoms with E-state index in [0.717, 1.165) is 16.0 Å². The van der Waals surface area contributed by atoms with E-state index in [1.807, 2.05) is 44.4 Å². The van der Waals surface area contributed by atoms with Gasteiger partial charge < -0.3 is 19.7 Å². The molecule has 0 aliphatic carbocycles. The average Bonchev–Trinajstić information content (AvgIpc) is 2.77. The van der Waals surface area contributed by atoms with Crippen LogP contribution in [0.4, 0.5) is 0 Å². The maximum absolute atomic E-state index is 12.7. The maximum Gasteiger partial charge on any atom is 0.324 e. The summed E-state index contributed by atoms with van der Waals surface area (Å²) in [7, 11) is -4.18. The first-order chi connectivity index (χ1) is 15.1. The van der Waals surface area contributed by atoms with E-state index in [-0.39, 0.29) is 30.8 Å². The summed E-state index contributed by atoms with van der Waals surface area (Å²) in [6, 6.07) is 12.2. The van der Waals surface area contributed by atoms with Crippen LogP contribution in [0.25, 0.3) is 11.1 Å². The fourth-order valence-electron chi connectivity index (χ4n) is 2.78. The Bertz CT molecular complexity index is 961. The molecule has 8 nitrogen and oxygen atoms in total. The van der Waals surface area contributed by atoms with Crippen LogP contribution in [0.2, 0.25) is 0 Å². The van der Waals surface area contributed by atoms with Gasteiger partial charge in [-0.1, -0.05) is 24.3 Å². The van der Waals surface area contributed by atoms with Crippen molar-refractivity contribution in [3.63, 3.8) is 0 Å². The number of aliphatic hydroxyl groups is 1. The third-order valence-electron chi connectivity index (χ3n) is 4.49. The molecule has 176 valence electrons. The van der Waals surface area contributed by atoms with E-state index in [1.54, 1.807) is 23.9 Å². The number of carboxylic acid groups (broad SMARTS) is 1. The van der Waals surface area contributed by atoms with Crippen LogP contribution >= 0.6 is 11.8 Å². The van der Waals surface area contributed by atoms with Gasteiger partial charge in [-0.2, -0.15) is 4.72 Å². The lowest BCUT2D eigenvalue weighted by Gasteiger charge is -2.20. The van der Waals surface area contributed by atoms with Crippen molar-refractivity contribution in [3.8, 4) is 11.1 Å². The first-order valence-corrected chi connectivity index (χ1v) is 12.7. The Kier molecular flexibility index (Phi) is 10.1. The van der Waals surface area contributed by atoms with Gasteiger partial charge in [0.2, 0.25) is 10.0 Å². The van der Waals surface area contributed by atoms with Crippen molar-refractivity contribution in [3.05, 3.63) is 48.5 Å². The molecular weight excluding hydrogens is 454 g/mol. The largest absolute Gasteiger partial charge is 0.480 e. The molecule has 2 aromatic rings. The number of hydrogen-bond donors (Lipinski definition) is 3. The molecule has 10 heteroatoms. The number of thioether (sulfide) groups is 1. The molecule has 0 fully saturated rings. The molecule has 0 bridgehead atoms. The van der Waals surface area contributed by atoms with E-state index >= 15 is 0 Å². The predicted octanol–water partition coefficient (Wildman–Crippen LogP) is 2.61. The number of carbonyl (C=O) groups is 1. The highest BCUT2D eigenvalue weighted by molar-refractivity contribution is 7.98. The van der Waals surface area contributed by atoms with Gasteiger partial charge in [0.15, 0.2) is 0 Å². The first-order valence-electron chi connectivity index (χ1n) is 10.0. The number of aliphatic hydroxyl groups excluding tert-OH is 1. The molecule has 0 aromatic heterocycles. The number of carboxylic acids is 1. The minimum Gasteiger partial charge on any atom is -0.480 e. The van der Waals surface area contributed by atoms with Gasteiger partial charge in [-0.05, 0) is 55.5 Å². The van der Waals surface area contributed by atoms with Gasteiger partial charge in [-0.3, -0.25) is 4.79 Å². The Morgan fingerprint density at radius 3 is 2.09 bits per heavy atom. The highest BCUT2D eigenvalue weighted by Crippen LogP contribution is 2.24. The zero-order valence-corrected chi connectivity index (χ0v) is 19.9. The highest BCUT2D eigenvalue weighted by Gasteiger charge is 2.32. The quantitative estimate of drug-likeness (QED) is 0.294. The summed E-state index contributed by atoms with van der Waals surface area (Å²) in [6.07, 6.45) is 0.426. The molecule has 0 aliphatic rings. The molecule has 2 atom stereocenters. The molecule has 0 heterocycles. The summed E-state index contributed by atoms with van der Waals surface area (Å²) in [5.41, 5.74) is 1.75. The van der Waals surface area contributed by atoms with Crippen LogP contribution in [0.1, 0.15) is 13.8 Å². The van der Waals surface area contributed by atoms with Crippen molar-refractivity contribution in [2.45, 2.75) is 41.9 Å². The number of rotatable bonds is 13. The second kappa shape index (κ2) is 12.3. The van der Waals surface area contributed by atoms with Crippen molar-refractivity contribution in [1.29, 1.82) is 0 Å². The fraction of sp³-hybridized carbons (Fsp3) is 0.409. The van der Waals surface area contributed by atoms with Crippen LogP contribution in [-0.4, -0.2) is 68.9 Å². The van der Waals surface area contributed by atoms with Gasteiger partial charge >= 0.3 is 5.97 Å². The van der Waals surface area contributed by atoms with Crippen LogP contribution in [0.5, 0.6) is 0 Å². The second-order valence-electron chi connectivity index (χ2n) is 7.25. The van der Waals surface area contributed by atoms with Crippen LogP contribution in [-0.2, 0) is 24.3 Å². The van der Waals surface area contributed by atoms with Gasteiger partial charge in [-0.15, -0.1) is 11.8 Å². The molecule has 0 saturated heterocycles. The van der Waals surface area contributed by atoms with Crippen LogP contribution in [0.3, 0.4) is 0 Å². The molecule has 2 rings (SSSR count). The van der Waals surface area contributed by atoms with Gasteiger partial charge in [0.25, 0.3) is 0 Å². The predicted molar refractivity (Wildman–Crippen MR) is 123 cm³/mol.